The summed E-state index contributed by atoms with van der Waals surface area (Å²) in [6, 6.07) is 18.3. The summed E-state index contributed by atoms with van der Waals surface area (Å²) in [5.74, 6) is -0.622. The van der Waals surface area contributed by atoms with Crippen LogP contribution in [-0.4, -0.2) is 27.1 Å². The molecule has 0 saturated heterocycles. The lowest BCUT2D eigenvalue weighted by Gasteiger charge is -2.25. The number of sulfonamides is 1. The molecule has 0 aliphatic carbocycles. The van der Waals surface area contributed by atoms with E-state index in [2.05, 4.69) is 10.5 Å². The number of amides is 1. The Bertz CT molecular complexity index is 1260. The Hall–Kier alpha value is -2.87. The second-order valence-electron chi connectivity index (χ2n) is 7.02. The first-order valence-corrected chi connectivity index (χ1v) is 11.8. The summed E-state index contributed by atoms with van der Waals surface area (Å²) >= 11 is 12.3. The first-order valence-electron chi connectivity index (χ1n) is 9.61. The van der Waals surface area contributed by atoms with E-state index in [1.54, 1.807) is 61.5 Å². The minimum atomic E-state index is -4.05. The molecule has 1 amide bonds. The molecule has 3 rings (SSSR count). The molecule has 0 heterocycles. The molecule has 0 radical (unpaired) electrons. The molecule has 3 aromatic carbocycles. The number of hydrazone groups is 1. The van der Waals surface area contributed by atoms with Crippen molar-refractivity contribution in [1.29, 1.82) is 0 Å². The van der Waals surface area contributed by atoms with Crippen LogP contribution in [0.1, 0.15) is 16.7 Å². The zero-order chi connectivity index (χ0) is 23.3. The van der Waals surface area contributed by atoms with Gasteiger partial charge in [-0.2, -0.15) is 5.10 Å². The van der Waals surface area contributed by atoms with Crippen molar-refractivity contribution in [3.8, 4) is 0 Å². The van der Waals surface area contributed by atoms with E-state index in [0.717, 1.165) is 9.87 Å². The number of carbonyl (C=O) groups is 1. The standard InChI is InChI=1S/C23H21Cl2N3O3S/c1-16-10-12-19(13-11-16)32(30,31)28(22-9-5-8-20(24)17(22)2)15-23(29)27-26-14-18-6-3-4-7-21(18)25/h3-14H,15H2,1-2H3,(H,27,29)/b26-14-. The van der Waals surface area contributed by atoms with Crippen molar-refractivity contribution in [2.24, 2.45) is 5.10 Å². The van der Waals surface area contributed by atoms with Gasteiger partial charge in [-0.15, -0.1) is 0 Å². The molecule has 0 saturated carbocycles. The van der Waals surface area contributed by atoms with Crippen molar-refractivity contribution < 1.29 is 13.2 Å². The van der Waals surface area contributed by atoms with Crippen LogP contribution in [0.5, 0.6) is 0 Å². The number of hydrogen-bond acceptors (Lipinski definition) is 4. The minimum absolute atomic E-state index is 0.0647. The third kappa shape index (κ3) is 5.48. The quantitative estimate of drug-likeness (QED) is 0.376. The zero-order valence-electron chi connectivity index (χ0n) is 17.4. The summed E-state index contributed by atoms with van der Waals surface area (Å²) < 4.78 is 27.9. The van der Waals surface area contributed by atoms with Crippen molar-refractivity contribution in [3.05, 3.63) is 93.5 Å². The number of carbonyl (C=O) groups excluding carboxylic acids is 1. The highest BCUT2D eigenvalue weighted by molar-refractivity contribution is 7.92. The van der Waals surface area contributed by atoms with Gasteiger partial charge < -0.3 is 0 Å². The molecule has 166 valence electrons. The highest BCUT2D eigenvalue weighted by atomic mass is 35.5. The van der Waals surface area contributed by atoms with Crippen molar-refractivity contribution in [3.63, 3.8) is 0 Å². The maximum absolute atomic E-state index is 13.4. The van der Waals surface area contributed by atoms with E-state index in [-0.39, 0.29) is 4.90 Å². The smallest absolute Gasteiger partial charge is 0.264 e. The Morgan fingerprint density at radius 2 is 1.62 bits per heavy atom. The Morgan fingerprint density at radius 1 is 0.969 bits per heavy atom. The lowest BCUT2D eigenvalue weighted by molar-refractivity contribution is -0.119. The van der Waals surface area contributed by atoms with E-state index in [1.807, 2.05) is 6.92 Å². The average molecular weight is 490 g/mol. The number of benzene rings is 3. The SMILES string of the molecule is Cc1ccc(S(=O)(=O)N(CC(=O)N/N=C\c2ccccc2Cl)c2cccc(Cl)c2C)cc1. The van der Waals surface area contributed by atoms with Gasteiger partial charge in [-0.25, -0.2) is 13.8 Å². The Labute approximate surface area is 197 Å². The first-order chi connectivity index (χ1) is 15.2. The third-order valence-electron chi connectivity index (χ3n) is 4.70. The van der Waals surface area contributed by atoms with E-state index in [4.69, 9.17) is 23.2 Å². The number of hydrogen-bond donors (Lipinski definition) is 1. The van der Waals surface area contributed by atoms with Crippen molar-refractivity contribution in [2.75, 3.05) is 10.8 Å². The molecule has 1 N–H and O–H groups in total. The van der Waals surface area contributed by atoms with Crippen LogP contribution in [0.3, 0.4) is 0 Å². The molecule has 0 spiro atoms. The molecule has 0 aliphatic rings. The molecule has 3 aromatic rings. The maximum atomic E-state index is 13.4. The van der Waals surface area contributed by atoms with E-state index >= 15 is 0 Å². The molecule has 0 aliphatic heterocycles. The molecule has 9 heteroatoms. The molecule has 6 nitrogen and oxygen atoms in total. The van der Waals surface area contributed by atoms with E-state index in [0.29, 0.717) is 26.9 Å². The summed E-state index contributed by atoms with van der Waals surface area (Å²) in [6.07, 6.45) is 1.39. The van der Waals surface area contributed by atoms with E-state index < -0.39 is 22.5 Å². The average Bonchev–Trinajstić information content (AvgIpc) is 2.76. The third-order valence-corrected chi connectivity index (χ3v) is 7.23. The van der Waals surface area contributed by atoms with Crippen LogP contribution >= 0.6 is 23.2 Å². The topological polar surface area (TPSA) is 78.8 Å². The van der Waals surface area contributed by atoms with Gasteiger partial charge in [0.15, 0.2) is 0 Å². The monoisotopic (exact) mass is 489 g/mol. The fraction of sp³-hybridized carbons (Fsp3) is 0.130. The zero-order valence-corrected chi connectivity index (χ0v) is 19.7. The fourth-order valence-corrected chi connectivity index (χ4v) is 4.76. The molecule has 0 aromatic heterocycles. The fourth-order valence-electron chi connectivity index (χ4n) is 2.92. The predicted molar refractivity (Wildman–Crippen MR) is 129 cm³/mol. The van der Waals surface area contributed by atoms with Crippen LogP contribution < -0.4 is 9.73 Å². The van der Waals surface area contributed by atoms with Crippen LogP contribution in [0.4, 0.5) is 5.69 Å². The Kier molecular flexibility index (Phi) is 7.56. The van der Waals surface area contributed by atoms with Crippen molar-refractivity contribution in [1.82, 2.24) is 5.43 Å². The molecule has 0 fully saturated rings. The van der Waals surface area contributed by atoms with E-state index in [9.17, 15) is 13.2 Å². The van der Waals surface area contributed by atoms with Crippen LogP contribution in [0.2, 0.25) is 10.0 Å². The molecule has 0 unspecified atom stereocenters. The number of anilines is 1. The largest absolute Gasteiger partial charge is 0.271 e. The van der Waals surface area contributed by atoms with Gasteiger partial charge in [0.1, 0.15) is 6.54 Å². The van der Waals surface area contributed by atoms with E-state index in [1.165, 1.54) is 18.3 Å². The van der Waals surface area contributed by atoms with Gasteiger partial charge in [0.25, 0.3) is 15.9 Å². The van der Waals surface area contributed by atoms with Crippen LogP contribution in [0.15, 0.2) is 76.7 Å². The highest BCUT2D eigenvalue weighted by Crippen LogP contribution is 2.30. The van der Waals surface area contributed by atoms with Gasteiger partial charge in [0.2, 0.25) is 0 Å². The molecular formula is C23H21Cl2N3O3S. The maximum Gasteiger partial charge on any atom is 0.264 e. The second-order valence-corrected chi connectivity index (χ2v) is 9.70. The van der Waals surface area contributed by atoms with Gasteiger partial charge in [0.05, 0.1) is 16.8 Å². The highest BCUT2D eigenvalue weighted by Gasteiger charge is 2.28. The van der Waals surface area contributed by atoms with Crippen LogP contribution in [0, 0.1) is 13.8 Å². The van der Waals surface area contributed by atoms with Gasteiger partial charge in [-0.3, -0.25) is 9.10 Å². The molecule has 32 heavy (non-hydrogen) atoms. The molecule has 0 bridgehead atoms. The van der Waals surface area contributed by atoms with Gasteiger partial charge >= 0.3 is 0 Å². The number of halogens is 2. The second kappa shape index (κ2) is 10.2. The van der Waals surface area contributed by atoms with Crippen molar-refractivity contribution in [2.45, 2.75) is 18.7 Å². The summed E-state index contributed by atoms with van der Waals surface area (Å²) in [5, 5.41) is 4.77. The number of nitrogens with one attached hydrogen (secondary N) is 1. The summed E-state index contributed by atoms with van der Waals surface area (Å²) in [5.41, 5.74) is 4.74. The summed E-state index contributed by atoms with van der Waals surface area (Å²) in [7, 11) is -4.05. The van der Waals surface area contributed by atoms with Crippen LogP contribution in [-0.2, 0) is 14.8 Å². The lowest BCUT2D eigenvalue weighted by Crippen LogP contribution is -2.40. The van der Waals surface area contributed by atoms with Gasteiger partial charge in [-0.05, 0) is 49.7 Å². The van der Waals surface area contributed by atoms with Gasteiger partial charge in [0, 0.05) is 15.6 Å². The number of nitrogens with zero attached hydrogens (tertiary/aromatic N) is 2. The predicted octanol–water partition coefficient (Wildman–Crippen LogP) is 4.96. The van der Waals surface area contributed by atoms with Crippen molar-refractivity contribution >= 4 is 51.0 Å². The summed E-state index contributed by atoms with van der Waals surface area (Å²) in [6.45, 7) is 3.07. The summed E-state index contributed by atoms with van der Waals surface area (Å²) in [4.78, 5) is 12.7. The lowest BCUT2D eigenvalue weighted by atomic mass is 10.2. The minimum Gasteiger partial charge on any atom is -0.271 e. The number of rotatable bonds is 7. The van der Waals surface area contributed by atoms with Crippen LogP contribution in [0.25, 0.3) is 0 Å². The number of aryl methyl sites for hydroxylation is 1. The van der Waals surface area contributed by atoms with Gasteiger partial charge in [-0.1, -0.05) is 65.2 Å². The Balaban J connectivity index is 1.91. The first kappa shape index (κ1) is 23.8. The molecular weight excluding hydrogens is 469 g/mol. The molecule has 0 atom stereocenters. The Morgan fingerprint density at radius 3 is 2.31 bits per heavy atom. The normalized spacial score (nSPS) is 11.5.